The summed E-state index contributed by atoms with van der Waals surface area (Å²) in [6, 6.07) is 15.1. The van der Waals surface area contributed by atoms with E-state index in [4.69, 9.17) is 9.47 Å². The number of benzene rings is 2. The van der Waals surface area contributed by atoms with Crippen molar-refractivity contribution in [1.82, 2.24) is 4.98 Å². The first-order valence-electron chi connectivity index (χ1n) is 9.04. The van der Waals surface area contributed by atoms with E-state index in [0.717, 1.165) is 15.8 Å². The van der Waals surface area contributed by atoms with Crippen LogP contribution in [0.1, 0.15) is 19.4 Å². The first kappa shape index (κ1) is 19.8. The number of aromatic nitrogens is 1. The first-order chi connectivity index (χ1) is 13.5. The zero-order chi connectivity index (χ0) is 20.1. The molecule has 0 N–H and O–H groups in total. The number of carbonyl (C=O) groups is 2. The van der Waals surface area contributed by atoms with Crippen molar-refractivity contribution < 1.29 is 19.1 Å². The highest BCUT2D eigenvalue weighted by atomic mass is 32.1. The van der Waals surface area contributed by atoms with Crippen molar-refractivity contribution in [3.8, 4) is 5.75 Å². The third-order valence-corrected chi connectivity index (χ3v) is 5.19. The van der Waals surface area contributed by atoms with Gasteiger partial charge in [-0.05, 0) is 45.0 Å². The molecule has 1 aromatic heterocycles. The van der Waals surface area contributed by atoms with Crippen molar-refractivity contribution in [2.75, 3.05) is 18.1 Å². The molecule has 7 heteroatoms. The minimum Gasteiger partial charge on any atom is -0.479 e. The molecule has 3 rings (SSSR count). The highest BCUT2D eigenvalue weighted by Crippen LogP contribution is 2.28. The number of ether oxygens (including phenoxy) is 2. The van der Waals surface area contributed by atoms with Gasteiger partial charge in [-0.3, -0.25) is 9.69 Å². The number of thiazole rings is 1. The third kappa shape index (κ3) is 4.67. The molecule has 0 saturated heterocycles. The second-order valence-electron chi connectivity index (χ2n) is 6.28. The smallest absolute Gasteiger partial charge is 0.347 e. The Morgan fingerprint density at radius 2 is 1.86 bits per heavy atom. The number of hydrogen-bond donors (Lipinski definition) is 0. The lowest BCUT2D eigenvalue weighted by molar-refractivity contribution is -0.154. The van der Waals surface area contributed by atoms with Gasteiger partial charge in [0, 0.05) is 6.54 Å². The average molecular weight is 398 g/mol. The van der Waals surface area contributed by atoms with Gasteiger partial charge < -0.3 is 9.47 Å². The fourth-order valence-corrected chi connectivity index (χ4v) is 3.64. The number of anilines is 1. The van der Waals surface area contributed by atoms with Crippen molar-refractivity contribution in [1.29, 1.82) is 0 Å². The lowest BCUT2D eigenvalue weighted by Gasteiger charge is -2.18. The molecule has 0 aliphatic heterocycles. The standard InChI is InChI=1S/C21H22N2O4S/c1-4-23(21-22-17-7-5-6-8-18(17)28-21)19(24)13-26-20(25)15(3)27-16-11-9-14(2)10-12-16/h5-12,15H,4,13H2,1-3H3. The molecule has 0 fully saturated rings. The minimum absolute atomic E-state index is 0.322. The Balaban J connectivity index is 1.58. The maximum Gasteiger partial charge on any atom is 0.347 e. The van der Waals surface area contributed by atoms with Crippen molar-refractivity contribution >= 4 is 38.6 Å². The largest absolute Gasteiger partial charge is 0.479 e. The molecule has 146 valence electrons. The highest BCUT2D eigenvalue weighted by Gasteiger charge is 2.22. The summed E-state index contributed by atoms with van der Waals surface area (Å²) in [5, 5.41) is 0.591. The SMILES string of the molecule is CCN(C(=O)COC(=O)C(C)Oc1ccc(C)cc1)c1nc2ccccc2s1. The molecule has 0 spiro atoms. The molecule has 0 saturated carbocycles. The quantitative estimate of drug-likeness (QED) is 0.563. The Kier molecular flexibility index (Phi) is 6.26. The van der Waals surface area contributed by atoms with Gasteiger partial charge in [-0.15, -0.1) is 0 Å². The minimum atomic E-state index is -0.812. The summed E-state index contributed by atoms with van der Waals surface area (Å²) >= 11 is 1.43. The molecular weight excluding hydrogens is 376 g/mol. The lowest BCUT2D eigenvalue weighted by atomic mass is 10.2. The number of amides is 1. The highest BCUT2D eigenvalue weighted by molar-refractivity contribution is 7.22. The van der Waals surface area contributed by atoms with E-state index >= 15 is 0 Å². The van der Waals surface area contributed by atoms with Crippen LogP contribution in [0.25, 0.3) is 10.2 Å². The van der Waals surface area contributed by atoms with Crippen LogP contribution in [0.4, 0.5) is 5.13 Å². The molecule has 0 bridgehead atoms. The molecule has 6 nitrogen and oxygen atoms in total. The van der Waals surface area contributed by atoms with Gasteiger partial charge in [0.1, 0.15) is 5.75 Å². The Bertz CT molecular complexity index is 935. The van der Waals surface area contributed by atoms with Gasteiger partial charge in [0.2, 0.25) is 0 Å². The zero-order valence-electron chi connectivity index (χ0n) is 16.0. The molecule has 1 heterocycles. The molecule has 1 unspecified atom stereocenters. The van der Waals surface area contributed by atoms with E-state index in [-0.39, 0.29) is 12.5 Å². The molecule has 2 aromatic carbocycles. The van der Waals surface area contributed by atoms with Gasteiger partial charge >= 0.3 is 5.97 Å². The van der Waals surface area contributed by atoms with Crippen LogP contribution in [-0.2, 0) is 14.3 Å². The van der Waals surface area contributed by atoms with Crippen molar-refractivity contribution in [2.24, 2.45) is 0 Å². The van der Waals surface area contributed by atoms with E-state index in [1.165, 1.54) is 16.2 Å². The molecule has 0 aliphatic carbocycles. The van der Waals surface area contributed by atoms with Crippen LogP contribution in [0.5, 0.6) is 5.75 Å². The van der Waals surface area contributed by atoms with E-state index in [1.807, 2.05) is 50.2 Å². The van der Waals surface area contributed by atoms with E-state index in [0.29, 0.717) is 17.4 Å². The summed E-state index contributed by atoms with van der Waals surface area (Å²) in [6.07, 6.45) is -0.812. The van der Waals surface area contributed by atoms with Crippen LogP contribution < -0.4 is 9.64 Å². The molecule has 1 atom stereocenters. The van der Waals surface area contributed by atoms with Crippen molar-refractivity contribution in [3.05, 3.63) is 54.1 Å². The number of aryl methyl sites for hydroxylation is 1. The van der Waals surface area contributed by atoms with E-state index in [1.54, 1.807) is 19.1 Å². The number of rotatable bonds is 7. The predicted molar refractivity (Wildman–Crippen MR) is 110 cm³/mol. The lowest BCUT2D eigenvalue weighted by Crippen LogP contribution is -2.36. The molecule has 1 amide bonds. The fraction of sp³-hybridized carbons (Fsp3) is 0.286. The summed E-state index contributed by atoms with van der Waals surface area (Å²) in [5.41, 5.74) is 1.94. The summed E-state index contributed by atoms with van der Waals surface area (Å²) in [6.45, 7) is 5.50. The van der Waals surface area contributed by atoms with Crippen molar-refractivity contribution in [2.45, 2.75) is 26.9 Å². The maximum atomic E-state index is 12.5. The van der Waals surface area contributed by atoms with Crippen LogP contribution in [0.3, 0.4) is 0 Å². The maximum absolute atomic E-state index is 12.5. The second kappa shape index (κ2) is 8.84. The van der Waals surface area contributed by atoms with Crippen LogP contribution in [0.15, 0.2) is 48.5 Å². The third-order valence-electron chi connectivity index (χ3n) is 4.13. The molecular formula is C21H22N2O4S. The van der Waals surface area contributed by atoms with Gasteiger partial charge in [0.15, 0.2) is 17.8 Å². The topological polar surface area (TPSA) is 68.7 Å². The fourth-order valence-electron chi connectivity index (χ4n) is 2.59. The number of carbonyl (C=O) groups excluding carboxylic acids is 2. The number of hydrogen-bond acceptors (Lipinski definition) is 6. The molecule has 0 radical (unpaired) electrons. The van der Waals surface area contributed by atoms with Crippen LogP contribution in [0, 0.1) is 6.92 Å². The Morgan fingerprint density at radius 3 is 2.54 bits per heavy atom. The molecule has 28 heavy (non-hydrogen) atoms. The number of nitrogens with zero attached hydrogens (tertiary/aromatic N) is 2. The number of fused-ring (bicyclic) bond motifs is 1. The van der Waals surface area contributed by atoms with Gasteiger partial charge in [0.25, 0.3) is 5.91 Å². The number of esters is 1. The van der Waals surface area contributed by atoms with Crippen LogP contribution >= 0.6 is 11.3 Å². The van der Waals surface area contributed by atoms with Gasteiger partial charge in [-0.25, -0.2) is 9.78 Å². The molecule has 0 aliphatic rings. The van der Waals surface area contributed by atoms with E-state index in [9.17, 15) is 9.59 Å². The van der Waals surface area contributed by atoms with Crippen LogP contribution in [-0.4, -0.2) is 36.1 Å². The van der Waals surface area contributed by atoms with Gasteiger partial charge in [-0.1, -0.05) is 41.2 Å². The number of para-hydroxylation sites is 1. The zero-order valence-corrected chi connectivity index (χ0v) is 16.9. The number of likely N-dealkylation sites (N-methyl/N-ethyl adjacent to an activating group) is 1. The summed E-state index contributed by atoms with van der Waals surface area (Å²) < 4.78 is 11.7. The Labute approximate surface area is 167 Å². The second-order valence-corrected chi connectivity index (χ2v) is 7.29. The normalized spacial score (nSPS) is 11.8. The average Bonchev–Trinajstić information content (AvgIpc) is 3.12. The van der Waals surface area contributed by atoms with Crippen molar-refractivity contribution in [3.63, 3.8) is 0 Å². The van der Waals surface area contributed by atoms with E-state index < -0.39 is 12.1 Å². The summed E-state index contributed by atoms with van der Waals surface area (Å²) in [4.78, 5) is 30.7. The molecule has 3 aromatic rings. The Morgan fingerprint density at radius 1 is 1.14 bits per heavy atom. The van der Waals surface area contributed by atoms with Gasteiger partial charge in [-0.2, -0.15) is 0 Å². The monoisotopic (exact) mass is 398 g/mol. The Hall–Kier alpha value is -2.93. The summed E-state index contributed by atoms with van der Waals surface area (Å²) in [7, 11) is 0. The van der Waals surface area contributed by atoms with E-state index in [2.05, 4.69) is 4.98 Å². The van der Waals surface area contributed by atoms with Gasteiger partial charge in [0.05, 0.1) is 10.2 Å². The first-order valence-corrected chi connectivity index (χ1v) is 9.85. The predicted octanol–water partition coefficient (Wildman–Crippen LogP) is 3.97. The van der Waals surface area contributed by atoms with Crippen LogP contribution in [0.2, 0.25) is 0 Å². The summed E-state index contributed by atoms with van der Waals surface area (Å²) in [5.74, 6) is -0.335.